The number of rotatable bonds is 3. The van der Waals surface area contributed by atoms with Gasteiger partial charge in [-0.1, -0.05) is 18.2 Å². The SMILES string of the molecule is COOc1c2c(c3ccccc3n2C)c2cc(C)c(C#N)c(OC)n12. The molecule has 0 amide bonds. The van der Waals surface area contributed by atoms with E-state index in [1.165, 1.54) is 7.11 Å². The Morgan fingerprint density at radius 3 is 2.52 bits per heavy atom. The molecule has 6 heteroatoms. The summed E-state index contributed by atoms with van der Waals surface area (Å²) in [6.45, 7) is 1.90. The van der Waals surface area contributed by atoms with Gasteiger partial charge in [-0.15, -0.1) is 0 Å². The third-order valence-corrected chi connectivity index (χ3v) is 4.64. The van der Waals surface area contributed by atoms with Crippen LogP contribution in [-0.4, -0.2) is 23.2 Å². The van der Waals surface area contributed by atoms with Gasteiger partial charge in [0.1, 0.15) is 17.1 Å². The fourth-order valence-corrected chi connectivity index (χ4v) is 3.61. The van der Waals surface area contributed by atoms with Crippen molar-refractivity contribution in [1.29, 1.82) is 5.26 Å². The van der Waals surface area contributed by atoms with Crippen molar-refractivity contribution in [2.45, 2.75) is 6.92 Å². The van der Waals surface area contributed by atoms with Crippen LogP contribution in [0.15, 0.2) is 30.3 Å². The van der Waals surface area contributed by atoms with Crippen LogP contribution in [-0.2, 0) is 11.9 Å². The van der Waals surface area contributed by atoms with Crippen LogP contribution in [0.25, 0.3) is 27.3 Å². The fourth-order valence-electron chi connectivity index (χ4n) is 3.61. The van der Waals surface area contributed by atoms with Gasteiger partial charge in [-0.25, -0.2) is 4.40 Å². The first kappa shape index (κ1) is 15.4. The number of nitrogens with zero attached hydrogens (tertiary/aromatic N) is 3. The van der Waals surface area contributed by atoms with Crippen molar-refractivity contribution in [3.8, 4) is 17.8 Å². The van der Waals surface area contributed by atoms with E-state index in [9.17, 15) is 5.26 Å². The molecule has 0 aliphatic carbocycles. The van der Waals surface area contributed by atoms with E-state index >= 15 is 0 Å². The number of benzene rings is 1. The van der Waals surface area contributed by atoms with Crippen molar-refractivity contribution in [2.24, 2.45) is 7.05 Å². The number of hydrogen-bond donors (Lipinski definition) is 0. The molecule has 126 valence electrons. The van der Waals surface area contributed by atoms with Crippen LogP contribution >= 0.6 is 0 Å². The summed E-state index contributed by atoms with van der Waals surface area (Å²) >= 11 is 0. The predicted octanol–water partition coefficient (Wildman–Crippen LogP) is 3.71. The molecule has 0 saturated heterocycles. The van der Waals surface area contributed by atoms with Crippen LogP contribution in [0.3, 0.4) is 0 Å². The van der Waals surface area contributed by atoms with Crippen molar-refractivity contribution in [2.75, 3.05) is 14.2 Å². The molecule has 0 saturated carbocycles. The summed E-state index contributed by atoms with van der Waals surface area (Å²) < 4.78 is 9.42. The molecule has 0 atom stereocenters. The van der Waals surface area contributed by atoms with Crippen LogP contribution < -0.4 is 9.62 Å². The smallest absolute Gasteiger partial charge is 0.269 e. The Morgan fingerprint density at radius 1 is 1.08 bits per heavy atom. The first-order valence-corrected chi connectivity index (χ1v) is 7.83. The Hall–Kier alpha value is -3.17. The molecule has 4 aromatic rings. The lowest BCUT2D eigenvalue weighted by molar-refractivity contribution is -0.181. The third kappa shape index (κ3) is 1.87. The van der Waals surface area contributed by atoms with Crippen molar-refractivity contribution in [3.63, 3.8) is 0 Å². The van der Waals surface area contributed by atoms with Gasteiger partial charge in [-0.3, -0.25) is 0 Å². The average Bonchev–Trinajstić information content (AvgIpc) is 3.09. The summed E-state index contributed by atoms with van der Waals surface area (Å²) in [4.78, 5) is 10.5. The highest BCUT2D eigenvalue weighted by Gasteiger charge is 2.25. The molecule has 0 aliphatic heterocycles. The molecule has 3 heterocycles. The van der Waals surface area contributed by atoms with Gasteiger partial charge in [-0.2, -0.15) is 10.1 Å². The number of methoxy groups -OCH3 is 1. The molecule has 0 radical (unpaired) electrons. The maximum absolute atomic E-state index is 9.54. The number of para-hydroxylation sites is 1. The van der Waals surface area contributed by atoms with E-state index in [4.69, 9.17) is 14.5 Å². The summed E-state index contributed by atoms with van der Waals surface area (Å²) in [7, 11) is 4.99. The van der Waals surface area contributed by atoms with Gasteiger partial charge >= 0.3 is 0 Å². The van der Waals surface area contributed by atoms with E-state index in [0.29, 0.717) is 17.3 Å². The summed E-state index contributed by atoms with van der Waals surface area (Å²) in [5, 5.41) is 11.7. The zero-order valence-corrected chi connectivity index (χ0v) is 14.5. The molecule has 0 N–H and O–H groups in total. The minimum absolute atomic E-state index is 0.435. The molecule has 3 aromatic heterocycles. The number of pyridine rings is 1. The molecular formula is C19H17N3O3. The summed E-state index contributed by atoms with van der Waals surface area (Å²) in [5.74, 6) is 0.921. The van der Waals surface area contributed by atoms with Crippen LogP contribution in [0, 0.1) is 18.3 Å². The first-order valence-electron chi connectivity index (χ1n) is 7.83. The normalized spacial score (nSPS) is 11.3. The monoisotopic (exact) mass is 335 g/mol. The molecule has 25 heavy (non-hydrogen) atoms. The lowest BCUT2D eigenvalue weighted by Gasteiger charge is -2.12. The van der Waals surface area contributed by atoms with Crippen molar-refractivity contribution >= 4 is 27.3 Å². The van der Waals surface area contributed by atoms with Crippen LogP contribution in [0.2, 0.25) is 0 Å². The Balaban J connectivity index is 2.35. The van der Waals surface area contributed by atoms with E-state index in [1.807, 2.05) is 32.2 Å². The summed E-state index contributed by atoms with van der Waals surface area (Å²) in [5.41, 5.74) is 4.21. The number of ether oxygens (including phenoxy) is 1. The number of aromatic nitrogens is 2. The first-order chi connectivity index (χ1) is 12.1. The van der Waals surface area contributed by atoms with Crippen molar-refractivity contribution in [3.05, 3.63) is 41.5 Å². The average molecular weight is 335 g/mol. The Bertz CT molecular complexity index is 1180. The molecule has 0 fully saturated rings. The van der Waals surface area contributed by atoms with Gasteiger partial charge in [-0.05, 0) is 24.6 Å². The van der Waals surface area contributed by atoms with Gasteiger partial charge in [0.05, 0.1) is 19.7 Å². The summed E-state index contributed by atoms with van der Waals surface area (Å²) in [6.07, 6.45) is 0. The Labute approximate surface area is 144 Å². The lowest BCUT2D eigenvalue weighted by atomic mass is 10.1. The van der Waals surface area contributed by atoms with E-state index in [-0.39, 0.29) is 0 Å². The van der Waals surface area contributed by atoms with E-state index in [2.05, 4.69) is 22.8 Å². The predicted molar refractivity (Wildman–Crippen MR) is 95.0 cm³/mol. The Kier molecular flexibility index (Phi) is 3.34. The fraction of sp³-hybridized carbons (Fsp3) is 0.211. The number of hydrogen-bond acceptors (Lipinski definition) is 4. The largest absolute Gasteiger partial charge is 0.481 e. The molecule has 0 unspecified atom stereocenters. The molecule has 1 aromatic carbocycles. The van der Waals surface area contributed by atoms with Crippen molar-refractivity contribution < 1.29 is 14.5 Å². The van der Waals surface area contributed by atoms with E-state index in [0.717, 1.165) is 32.9 Å². The van der Waals surface area contributed by atoms with Crippen LogP contribution in [0.5, 0.6) is 11.8 Å². The second-order valence-corrected chi connectivity index (χ2v) is 5.90. The molecule has 0 aliphatic rings. The van der Waals surface area contributed by atoms with Gasteiger partial charge in [0.2, 0.25) is 5.88 Å². The lowest BCUT2D eigenvalue weighted by Crippen LogP contribution is -2.03. The molecule has 0 spiro atoms. The summed E-state index contributed by atoms with van der Waals surface area (Å²) in [6, 6.07) is 12.4. The number of fused-ring (bicyclic) bond motifs is 5. The number of aryl methyl sites for hydroxylation is 2. The minimum atomic E-state index is 0.435. The zero-order chi connectivity index (χ0) is 17.7. The zero-order valence-electron chi connectivity index (χ0n) is 14.5. The van der Waals surface area contributed by atoms with Crippen LogP contribution in [0.4, 0.5) is 0 Å². The Morgan fingerprint density at radius 2 is 1.84 bits per heavy atom. The molecule has 6 nitrogen and oxygen atoms in total. The molecule has 4 rings (SSSR count). The minimum Gasteiger partial charge on any atom is -0.481 e. The van der Waals surface area contributed by atoms with Gasteiger partial charge < -0.3 is 14.2 Å². The quantitative estimate of drug-likeness (QED) is 0.423. The highest BCUT2D eigenvalue weighted by molar-refractivity contribution is 6.18. The third-order valence-electron chi connectivity index (χ3n) is 4.64. The second kappa shape index (κ2) is 5.43. The highest BCUT2D eigenvalue weighted by Crippen LogP contribution is 2.43. The highest BCUT2D eigenvalue weighted by atomic mass is 17.2. The van der Waals surface area contributed by atoms with E-state index < -0.39 is 0 Å². The maximum Gasteiger partial charge on any atom is 0.269 e. The molecule has 0 bridgehead atoms. The standard InChI is InChI=1S/C19H17N3O3/c1-11-9-15-16-12-7-5-6-8-14(12)21(2)17(16)19(25-24-4)22(15)18(23-3)13(11)10-20/h5-9H,1-4H3. The van der Waals surface area contributed by atoms with Gasteiger partial charge in [0, 0.05) is 23.3 Å². The van der Waals surface area contributed by atoms with Gasteiger partial charge in [0.15, 0.2) is 0 Å². The van der Waals surface area contributed by atoms with Crippen LogP contribution in [0.1, 0.15) is 11.1 Å². The van der Waals surface area contributed by atoms with E-state index in [1.54, 1.807) is 11.5 Å². The van der Waals surface area contributed by atoms with Gasteiger partial charge in [0.25, 0.3) is 5.88 Å². The molecular weight excluding hydrogens is 318 g/mol. The maximum atomic E-state index is 9.54. The number of nitriles is 1. The van der Waals surface area contributed by atoms with Crippen molar-refractivity contribution in [1.82, 2.24) is 8.97 Å². The second-order valence-electron chi connectivity index (χ2n) is 5.90. The topological polar surface area (TPSA) is 60.8 Å².